The van der Waals surface area contributed by atoms with Crippen LogP contribution in [0.1, 0.15) is 11.1 Å². The average molecular weight is 370 g/mol. The Bertz CT molecular complexity index is 892. The predicted molar refractivity (Wildman–Crippen MR) is 99.5 cm³/mol. The Labute approximate surface area is 155 Å². The van der Waals surface area contributed by atoms with Gasteiger partial charge < -0.3 is 14.8 Å². The predicted octanol–water partition coefficient (Wildman–Crippen LogP) is 3.11. The molecule has 0 aliphatic rings. The number of hydrogen-bond acceptors (Lipinski definition) is 6. The molecule has 0 fully saturated rings. The molecular formula is C19H18N2O6. The number of esters is 1. The third kappa shape index (κ3) is 5.96. The molecule has 0 saturated heterocycles. The maximum atomic E-state index is 11.9. The first kappa shape index (κ1) is 19.6. The van der Waals surface area contributed by atoms with Crippen molar-refractivity contribution in [3.05, 3.63) is 69.8 Å². The molecule has 2 rings (SSSR count). The first-order chi connectivity index (χ1) is 12.9. The van der Waals surface area contributed by atoms with Crippen LogP contribution in [-0.2, 0) is 14.3 Å². The van der Waals surface area contributed by atoms with Crippen molar-refractivity contribution in [2.45, 2.75) is 6.92 Å². The van der Waals surface area contributed by atoms with Crippen molar-refractivity contribution in [1.82, 2.24) is 0 Å². The largest absolute Gasteiger partial charge is 0.497 e. The fourth-order valence-corrected chi connectivity index (χ4v) is 2.18. The van der Waals surface area contributed by atoms with Crippen molar-refractivity contribution < 1.29 is 24.0 Å². The molecule has 2 aromatic rings. The molecule has 27 heavy (non-hydrogen) atoms. The Balaban J connectivity index is 1.86. The van der Waals surface area contributed by atoms with Gasteiger partial charge in [0.1, 0.15) is 5.75 Å². The van der Waals surface area contributed by atoms with E-state index in [1.807, 2.05) is 0 Å². The normalized spacial score (nSPS) is 10.4. The van der Waals surface area contributed by atoms with Gasteiger partial charge in [-0.3, -0.25) is 14.9 Å². The molecule has 8 heteroatoms. The number of hydrogen-bond donors (Lipinski definition) is 1. The lowest BCUT2D eigenvalue weighted by Gasteiger charge is -2.08. The number of nitrogens with zero attached hydrogens (tertiary/aromatic N) is 1. The minimum atomic E-state index is -0.673. The molecular weight excluding hydrogens is 352 g/mol. The summed E-state index contributed by atoms with van der Waals surface area (Å²) in [6, 6.07) is 11.1. The van der Waals surface area contributed by atoms with Crippen molar-refractivity contribution in [3.63, 3.8) is 0 Å². The summed E-state index contributed by atoms with van der Waals surface area (Å²) in [6.45, 7) is 1.16. The first-order valence-corrected chi connectivity index (χ1v) is 7.93. The molecule has 0 spiro atoms. The van der Waals surface area contributed by atoms with E-state index >= 15 is 0 Å². The van der Waals surface area contributed by atoms with Gasteiger partial charge in [0.05, 0.1) is 12.0 Å². The summed E-state index contributed by atoms with van der Waals surface area (Å²) in [5, 5.41) is 13.3. The lowest BCUT2D eigenvalue weighted by Crippen LogP contribution is -2.20. The smallest absolute Gasteiger partial charge is 0.331 e. The van der Waals surface area contributed by atoms with Crippen LogP contribution in [0, 0.1) is 17.0 Å². The second-order valence-electron chi connectivity index (χ2n) is 5.52. The molecule has 0 aliphatic carbocycles. The van der Waals surface area contributed by atoms with Crippen LogP contribution in [0.4, 0.5) is 11.4 Å². The number of carbonyl (C=O) groups is 2. The topological polar surface area (TPSA) is 108 Å². The van der Waals surface area contributed by atoms with Gasteiger partial charge in [0.2, 0.25) is 0 Å². The SMILES string of the molecule is COc1cccc(/C=C/C(=O)OCC(=O)Nc2ccc([N+](=O)[O-])cc2C)c1. The number of non-ortho nitro benzene ring substituents is 1. The Morgan fingerprint density at radius 3 is 2.67 bits per heavy atom. The minimum absolute atomic E-state index is 0.0698. The number of ether oxygens (including phenoxy) is 2. The molecule has 0 aliphatic heterocycles. The van der Waals surface area contributed by atoms with Gasteiger partial charge in [0.15, 0.2) is 6.61 Å². The van der Waals surface area contributed by atoms with Gasteiger partial charge in [-0.1, -0.05) is 12.1 Å². The van der Waals surface area contributed by atoms with Gasteiger partial charge in [0, 0.05) is 23.9 Å². The van der Waals surface area contributed by atoms with Gasteiger partial charge in [-0.2, -0.15) is 0 Å². The molecule has 1 N–H and O–H groups in total. The van der Waals surface area contributed by atoms with Crippen LogP contribution in [-0.4, -0.2) is 30.5 Å². The maximum Gasteiger partial charge on any atom is 0.331 e. The lowest BCUT2D eigenvalue weighted by molar-refractivity contribution is -0.384. The van der Waals surface area contributed by atoms with E-state index in [2.05, 4.69) is 5.32 Å². The van der Waals surface area contributed by atoms with Gasteiger partial charge in [0.25, 0.3) is 11.6 Å². The number of nitro benzene ring substituents is 1. The number of nitro groups is 1. The number of carbonyl (C=O) groups excluding carboxylic acids is 2. The zero-order valence-electron chi connectivity index (χ0n) is 14.8. The Kier molecular flexibility index (Phi) is 6.65. The summed E-state index contributed by atoms with van der Waals surface area (Å²) in [7, 11) is 1.54. The summed E-state index contributed by atoms with van der Waals surface area (Å²) >= 11 is 0. The quantitative estimate of drug-likeness (QED) is 0.347. The number of benzene rings is 2. The summed E-state index contributed by atoms with van der Waals surface area (Å²) in [5.41, 5.74) is 1.62. The van der Waals surface area contributed by atoms with Crippen molar-refractivity contribution in [1.29, 1.82) is 0 Å². The van der Waals surface area contributed by atoms with Gasteiger partial charge in [-0.15, -0.1) is 0 Å². The summed E-state index contributed by atoms with van der Waals surface area (Å²) < 4.78 is 9.97. The van der Waals surface area contributed by atoms with Crippen LogP contribution >= 0.6 is 0 Å². The molecule has 140 valence electrons. The minimum Gasteiger partial charge on any atom is -0.497 e. The first-order valence-electron chi connectivity index (χ1n) is 7.93. The molecule has 8 nitrogen and oxygen atoms in total. The highest BCUT2D eigenvalue weighted by Gasteiger charge is 2.11. The molecule has 0 unspecified atom stereocenters. The van der Waals surface area contributed by atoms with Crippen molar-refractivity contribution >= 4 is 29.3 Å². The molecule has 0 radical (unpaired) electrons. The fourth-order valence-electron chi connectivity index (χ4n) is 2.18. The van der Waals surface area contributed by atoms with E-state index in [1.54, 1.807) is 44.4 Å². The van der Waals surface area contributed by atoms with Gasteiger partial charge >= 0.3 is 5.97 Å². The monoisotopic (exact) mass is 370 g/mol. The van der Waals surface area contributed by atoms with Crippen LogP contribution in [0.2, 0.25) is 0 Å². The van der Waals surface area contributed by atoms with Crippen molar-refractivity contribution in [2.75, 3.05) is 19.0 Å². The third-order valence-electron chi connectivity index (χ3n) is 3.55. The summed E-state index contributed by atoms with van der Waals surface area (Å²) in [6.07, 6.45) is 2.75. The van der Waals surface area contributed by atoms with Gasteiger partial charge in [-0.05, 0) is 42.3 Å². The van der Waals surface area contributed by atoms with Crippen LogP contribution in [0.3, 0.4) is 0 Å². The molecule has 0 aromatic heterocycles. The third-order valence-corrected chi connectivity index (χ3v) is 3.55. The van der Waals surface area contributed by atoms with E-state index in [0.717, 1.165) is 5.56 Å². The highest BCUT2D eigenvalue weighted by atomic mass is 16.6. The zero-order chi connectivity index (χ0) is 19.8. The number of methoxy groups -OCH3 is 1. The Hall–Kier alpha value is -3.68. The van der Waals surface area contributed by atoms with E-state index in [-0.39, 0.29) is 5.69 Å². The maximum absolute atomic E-state index is 11.9. The number of anilines is 1. The summed E-state index contributed by atoms with van der Waals surface area (Å²) in [5.74, 6) is -0.563. The average Bonchev–Trinajstić information content (AvgIpc) is 2.66. The second kappa shape index (κ2) is 9.14. The van der Waals surface area contributed by atoms with Crippen LogP contribution in [0.15, 0.2) is 48.5 Å². The fraction of sp³-hybridized carbons (Fsp3) is 0.158. The molecule has 0 saturated carbocycles. The summed E-state index contributed by atoms with van der Waals surface area (Å²) in [4.78, 5) is 33.8. The van der Waals surface area contributed by atoms with Crippen molar-refractivity contribution in [2.24, 2.45) is 0 Å². The standard InChI is InChI=1S/C19H18N2O6/c1-13-10-15(21(24)25)7-8-17(13)20-18(22)12-27-19(23)9-6-14-4-3-5-16(11-14)26-2/h3-11H,12H2,1-2H3,(H,20,22)/b9-6+. The molecule has 1 amide bonds. The second-order valence-corrected chi connectivity index (χ2v) is 5.52. The van der Waals surface area contributed by atoms with E-state index in [0.29, 0.717) is 17.0 Å². The molecule has 0 atom stereocenters. The van der Waals surface area contributed by atoms with Crippen LogP contribution in [0.5, 0.6) is 5.75 Å². The van der Waals surface area contributed by atoms with E-state index in [4.69, 9.17) is 9.47 Å². The van der Waals surface area contributed by atoms with E-state index in [9.17, 15) is 19.7 Å². The van der Waals surface area contributed by atoms with E-state index < -0.39 is 23.4 Å². The number of amides is 1. The zero-order valence-corrected chi connectivity index (χ0v) is 14.8. The molecule has 0 bridgehead atoms. The number of rotatable bonds is 7. The highest BCUT2D eigenvalue weighted by molar-refractivity contribution is 5.95. The highest BCUT2D eigenvalue weighted by Crippen LogP contribution is 2.21. The number of nitrogens with one attached hydrogen (secondary N) is 1. The van der Waals surface area contributed by atoms with Crippen LogP contribution < -0.4 is 10.1 Å². The molecule has 2 aromatic carbocycles. The Morgan fingerprint density at radius 1 is 1.22 bits per heavy atom. The molecule has 0 heterocycles. The van der Waals surface area contributed by atoms with Crippen molar-refractivity contribution in [3.8, 4) is 5.75 Å². The van der Waals surface area contributed by atoms with Gasteiger partial charge in [-0.25, -0.2) is 4.79 Å². The number of aryl methyl sites for hydroxylation is 1. The van der Waals surface area contributed by atoms with Crippen LogP contribution in [0.25, 0.3) is 6.08 Å². The lowest BCUT2D eigenvalue weighted by atomic mass is 10.2. The van der Waals surface area contributed by atoms with E-state index in [1.165, 1.54) is 24.3 Å². The Morgan fingerprint density at radius 2 is 2.00 bits per heavy atom.